The first-order valence-electron chi connectivity index (χ1n) is 5.33. The van der Waals surface area contributed by atoms with Crippen LogP contribution in [0.1, 0.15) is 10.4 Å². The molecule has 0 saturated heterocycles. The maximum atomic E-state index is 12.4. The molecule has 20 heavy (non-hydrogen) atoms. The first kappa shape index (κ1) is 17.3. The third-order valence-corrected chi connectivity index (χ3v) is 5.20. The molecule has 1 aromatic carbocycles. The lowest BCUT2D eigenvalue weighted by molar-refractivity contribution is -0.170. The first-order chi connectivity index (χ1) is 9.22. The molecule has 0 aliphatic carbocycles. The monoisotopic (exact) mass is 418 g/mol. The molecule has 0 N–H and O–H groups in total. The molecule has 8 heteroatoms. The molecule has 0 aromatic heterocycles. The lowest BCUT2D eigenvalue weighted by Crippen LogP contribution is -2.33. The van der Waals surface area contributed by atoms with Crippen molar-refractivity contribution in [3.63, 3.8) is 0 Å². The highest BCUT2D eigenvalue weighted by Gasteiger charge is 2.45. The van der Waals surface area contributed by atoms with Gasteiger partial charge in [-0.05, 0) is 18.2 Å². The molecule has 2 unspecified atom stereocenters. The Kier molecular flexibility index (Phi) is 5.88. The third kappa shape index (κ3) is 3.88. The molecule has 1 rings (SSSR count). The highest BCUT2D eigenvalue weighted by molar-refractivity contribution is 9.12. The van der Waals surface area contributed by atoms with E-state index in [9.17, 15) is 18.0 Å². The number of carbonyl (C=O) groups excluding carboxylic acids is 1. The van der Waals surface area contributed by atoms with E-state index in [0.29, 0.717) is 17.1 Å². The molecule has 0 fully saturated rings. The fraction of sp³-hybridized carbons (Fsp3) is 0.417. The van der Waals surface area contributed by atoms with Gasteiger partial charge in [-0.1, -0.05) is 31.9 Å². The molecular weight excluding hydrogens is 409 g/mol. The van der Waals surface area contributed by atoms with Crippen LogP contribution in [0.2, 0.25) is 0 Å². The van der Waals surface area contributed by atoms with Crippen molar-refractivity contribution in [2.45, 2.75) is 15.8 Å². The minimum absolute atomic E-state index is 0.354. The maximum Gasteiger partial charge on any atom is 0.451 e. The predicted octanol–water partition coefficient (Wildman–Crippen LogP) is 4.03. The molecule has 112 valence electrons. The van der Waals surface area contributed by atoms with E-state index in [1.54, 1.807) is 12.1 Å². The summed E-state index contributed by atoms with van der Waals surface area (Å²) in [6.07, 6.45) is -4.91. The van der Waals surface area contributed by atoms with E-state index >= 15 is 0 Å². The van der Waals surface area contributed by atoms with Gasteiger partial charge in [0.2, 0.25) is 0 Å². The topological polar surface area (TPSA) is 35.5 Å². The summed E-state index contributed by atoms with van der Waals surface area (Å²) >= 11 is 5.87. The van der Waals surface area contributed by atoms with E-state index < -0.39 is 21.6 Å². The molecular formula is C12H11Br2F3O3. The summed E-state index contributed by atoms with van der Waals surface area (Å²) < 4.78 is 47.4. The Morgan fingerprint density at radius 2 is 1.80 bits per heavy atom. The number of ether oxygens (including phenoxy) is 2. The Labute approximate surface area is 130 Å². The van der Waals surface area contributed by atoms with E-state index in [4.69, 9.17) is 9.47 Å². The second-order valence-electron chi connectivity index (χ2n) is 3.77. The van der Waals surface area contributed by atoms with Gasteiger partial charge in [0.05, 0.1) is 23.9 Å². The standard InChI is InChI=1S/C12H11Br2F3O3/c1-19-6-3-4-8(20-2)7(5-6)9(13)10(14)11(18)12(15,16)17/h3-5,9-10H,1-2H3. The quantitative estimate of drug-likeness (QED) is 0.676. The van der Waals surface area contributed by atoms with E-state index in [-0.39, 0.29) is 0 Å². The second-order valence-corrected chi connectivity index (χ2v) is 5.75. The number of Topliss-reactive ketones (excluding diaryl/α,β-unsaturated/α-hetero) is 1. The summed E-state index contributed by atoms with van der Waals surface area (Å²) in [6, 6.07) is 4.67. The number of rotatable bonds is 5. The summed E-state index contributed by atoms with van der Waals surface area (Å²) in [7, 11) is 2.82. The number of ketones is 1. The molecule has 0 radical (unpaired) electrons. The number of carbonyl (C=O) groups is 1. The minimum atomic E-state index is -4.91. The number of methoxy groups -OCH3 is 2. The Morgan fingerprint density at radius 1 is 1.20 bits per heavy atom. The van der Waals surface area contributed by atoms with E-state index in [2.05, 4.69) is 31.9 Å². The average Bonchev–Trinajstić information content (AvgIpc) is 2.43. The Bertz CT molecular complexity index is 491. The van der Waals surface area contributed by atoms with Crippen LogP contribution in [-0.2, 0) is 4.79 Å². The Balaban J connectivity index is 3.13. The smallest absolute Gasteiger partial charge is 0.451 e. The van der Waals surface area contributed by atoms with Gasteiger partial charge in [-0.3, -0.25) is 4.79 Å². The lowest BCUT2D eigenvalue weighted by Gasteiger charge is -2.20. The van der Waals surface area contributed by atoms with Crippen molar-refractivity contribution in [1.82, 2.24) is 0 Å². The molecule has 2 atom stereocenters. The zero-order valence-corrected chi connectivity index (χ0v) is 13.7. The van der Waals surface area contributed by atoms with Crippen molar-refractivity contribution in [2.24, 2.45) is 0 Å². The van der Waals surface area contributed by atoms with Gasteiger partial charge in [-0.15, -0.1) is 0 Å². The summed E-state index contributed by atoms with van der Waals surface area (Å²) in [6.45, 7) is 0. The molecule has 1 aromatic rings. The molecule has 0 aliphatic heterocycles. The van der Waals surface area contributed by atoms with Crippen molar-refractivity contribution in [2.75, 3.05) is 14.2 Å². The largest absolute Gasteiger partial charge is 0.497 e. The summed E-state index contributed by atoms with van der Waals surface area (Å²) in [5.74, 6) is -1.07. The summed E-state index contributed by atoms with van der Waals surface area (Å²) in [4.78, 5) is 8.88. The Hall–Kier alpha value is -0.760. The van der Waals surface area contributed by atoms with Crippen LogP contribution < -0.4 is 9.47 Å². The van der Waals surface area contributed by atoms with Crippen LogP contribution in [0.15, 0.2) is 18.2 Å². The molecule has 0 aliphatic rings. The normalized spacial score (nSPS) is 14.6. The van der Waals surface area contributed by atoms with Gasteiger partial charge in [0, 0.05) is 5.56 Å². The zero-order valence-electron chi connectivity index (χ0n) is 10.5. The van der Waals surface area contributed by atoms with Crippen LogP contribution in [-0.4, -0.2) is 31.0 Å². The number of halogens is 5. The lowest BCUT2D eigenvalue weighted by atomic mass is 10.1. The van der Waals surface area contributed by atoms with Crippen LogP contribution in [0.3, 0.4) is 0 Å². The van der Waals surface area contributed by atoms with Crippen LogP contribution in [0.25, 0.3) is 0 Å². The van der Waals surface area contributed by atoms with Crippen molar-refractivity contribution in [1.29, 1.82) is 0 Å². The number of benzene rings is 1. The fourth-order valence-electron chi connectivity index (χ4n) is 1.50. The van der Waals surface area contributed by atoms with Crippen LogP contribution in [0.5, 0.6) is 11.5 Å². The van der Waals surface area contributed by atoms with Gasteiger partial charge >= 0.3 is 6.18 Å². The van der Waals surface area contributed by atoms with Crippen molar-refractivity contribution < 1.29 is 27.4 Å². The van der Waals surface area contributed by atoms with E-state index in [1.165, 1.54) is 20.3 Å². The Morgan fingerprint density at radius 3 is 2.25 bits per heavy atom. The van der Waals surface area contributed by atoms with Crippen molar-refractivity contribution in [3.8, 4) is 11.5 Å². The predicted molar refractivity (Wildman–Crippen MR) is 75.0 cm³/mol. The van der Waals surface area contributed by atoms with Gasteiger partial charge in [-0.25, -0.2) is 0 Å². The maximum absolute atomic E-state index is 12.4. The van der Waals surface area contributed by atoms with Crippen LogP contribution in [0, 0.1) is 0 Å². The van der Waals surface area contributed by atoms with Crippen LogP contribution >= 0.6 is 31.9 Å². The van der Waals surface area contributed by atoms with Gasteiger partial charge in [-0.2, -0.15) is 13.2 Å². The van der Waals surface area contributed by atoms with Gasteiger partial charge in [0.1, 0.15) is 11.5 Å². The second kappa shape index (κ2) is 6.80. The van der Waals surface area contributed by atoms with Crippen molar-refractivity contribution >= 4 is 37.6 Å². The van der Waals surface area contributed by atoms with Gasteiger partial charge < -0.3 is 9.47 Å². The highest BCUT2D eigenvalue weighted by atomic mass is 79.9. The summed E-state index contributed by atoms with van der Waals surface area (Å²) in [5, 5.41) is 0. The number of hydrogen-bond donors (Lipinski definition) is 0. The number of hydrogen-bond acceptors (Lipinski definition) is 3. The summed E-state index contributed by atoms with van der Waals surface area (Å²) in [5.41, 5.74) is 0.381. The molecule has 0 heterocycles. The van der Waals surface area contributed by atoms with Crippen molar-refractivity contribution in [3.05, 3.63) is 23.8 Å². The van der Waals surface area contributed by atoms with E-state index in [1.807, 2.05) is 0 Å². The fourth-order valence-corrected chi connectivity index (χ4v) is 2.64. The molecule has 3 nitrogen and oxygen atoms in total. The molecule has 0 amide bonds. The molecule has 0 saturated carbocycles. The molecule has 0 spiro atoms. The van der Waals surface area contributed by atoms with E-state index in [0.717, 1.165) is 0 Å². The van der Waals surface area contributed by atoms with Gasteiger partial charge in [0.15, 0.2) is 0 Å². The van der Waals surface area contributed by atoms with Crippen LogP contribution in [0.4, 0.5) is 13.2 Å². The molecule has 0 bridgehead atoms. The highest BCUT2D eigenvalue weighted by Crippen LogP contribution is 2.41. The minimum Gasteiger partial charge on any atom is -0.497 e. The number of alkyl halides is 5. The first-order valence-corrected chi connectivity index (χ1v) is 7.16. The SMILES string of the molecule is COc1ccc(OC)c(C(Br)C(Br)C(=O)C(F)(F)F)c1. The zero-order chi connectivity index (χ0) is 15.5. The third-order valence-electron chi connectivity index (χ3n) is 2.52. The van der Waals surface area contributed by atoms with Gasteiger partial charge in [0.25, 0.3) is 5.78 Å². The average molecular weight is 420 g/mol.